The second-order valence-electron chi connectivity index (χ2n) is 3.87. The van der Waals surface area contributed by atoms with Crippen LogP contribution in [-0.4, -0.2) is 12.6 Å². The van der Waals surface area contributed by atoms with Crippen molar-refractivity contribution in [3.05, 3.63) is 60.7 Å². The predicted octanol–water partition coefficient (Wildman–Crippen LogP) is 5.36. The van der Waals surface area contributed by atoms with E-state index in [4.69, 9.17) is 0 Å². The van der Waals surface area contributed by atoms with E-state index in [0.29, 0.717) is 8.58 Å². The van der Waals surface area contributed by atoms with E-state index in [1.807, 2.05) is 12.1 Å². The van der Waals surface area contributed by atoms with Gasteiger partial charge in [0.1, 0.15) is 6.42 Å². The minimum absolute atomic E-state index is 0.117. The zero-order chi connectivity index (χ0) is 13.1. The van der Waals surface area contributed by atoms with E-state index in [9.17, 15) is 4.39 Å². The van der Waals surface area contributed by atoms with Crippen LogP contribution >= 0.6 is 8.58 Å². The minimum atomic E-state index is -0.117. The summed E-state index contributed by atoms with van der Waals surface area (Å²) in [6, 6.07) is 20.8. The van der Waals surface area contributed by atoms with Crippen LogP contribution in [0.15, 0.2) is 60.7 Å². The maximum absolute atomic E-state index is 11.2. The molecule has 0 bridgehead atoms. The van der Waals surface area contributed by atoms with Crippen molar-refractivity contribution in [3.8, 4) is 11.1 Å². The standard InChI is InChI=1S/C12H10.C4H10FP/c1-3-7-11(8-4-1)12-9-5-2-6-10-12;1-2-3-6-4-5/h1-10H;6H,2-4H2,1H3. The number of halogens is 1. The molecular weight excluding hydrogens is 242 g/mol. The normalized spacial score (nSPS) is 10.1. The highest BCUT2D eigenvalue weighted by Gasteiger charge is 1.91. The topological polar surface area (TPSA) is 0 Å². The summed E-state index contributed by atoms with van der Waals surface area (Å²) in [7, 11) is 0.548. The zero-order valence-electron chi connectivity index (χ0n) is 10.8. The molecule has 0 saturated carbocycles. The molecule has 0 aliphatic heterocycles. The number of alkyl halides is 1. The Labute approximate surface area is 111 Å². The quantitative estimate of drug-likeness (QED) is 0.514. The van der Waals surface area contributed by atoms with Crippen LogP contribution < -0.4 is 0 Å². The Bertz CT molecular complexity index is 358. The molecular formula is C16H20FP. The van der Waals surface area contributed by atoms with Crippen molar-refractivity contribution in [2.45, 2.75) is 13.3 Å². The Kier molecular flexibility index (Phi) is 8.08. The van der Waals surface area contributed by atoms with Crippen LogP contribution in [0.2, 0.25) is 0 Å². The molecule has 1 unspecified atom stereocenters. The highest BCUT2D eigenvalue weighted by Crippen LogP contribution is 2.17. The lowest BCUT2D eigenvalue weighted by Gasteiger charge is -1.98. The monoisotopic (exact) mass is 262 g/mol. The molecule has 0 amide bonds. The second kappa shape index (κ2) is 9.79. The molecule has 0 heterocycles. The average Bonchev–Trinajstić information content (AvgIpc) is 2.48. The smallest absolute Gasteiger partial charge is 0.106 e. The molecule has 0 aromatic heterocycles. The van der Waals surface area contributed by atoms with Gasteiger partial charge >= 0.3 is 0 Å². The fourth-order valence-electron chi connectivity index (χ4n) is 1.50. The first-order chi connectivity index (χ1) is 8.88. The molecule has 96 valence electrons. The van der Waals surface area contributed by atoms with Crippen molar-refractivity contribution in [2.75, 3.05) is 12.6 Å². The van der Waals surface area contributed by atoms with E-state index < -0.39 is 0 Å². The molecule has 0 spiro atoms. The molecule has 0 radical (unpaired) electrons. The van der Waals surface area contributed by atoms with Crippen molar-refractivity contribution in [3.63, 3.8) is 0 Å². The molecule has 2 rings (SSSR count). The first-order valence-corrected chi connectivity index (χ1v) is 7.67. The second-order valence-corrected chi connectivity index (χ2v) is 5.13. The Balaban J connectivity index is 0.000000232. The number of hydrogen-bond acceptors (Lipinski definition) is 0. The molecule has 0 saturated heterocycles. The van der Waals surface area contributed by atoms with Gasteiger partial charge in [0.2, 0.25) is 0 Å². The van der Waals surface area contributed by atoms with Gasteiger partial charge < -0.3 is 0 Å². The Morgan fingerprint density at radius 2 is 1.28 bits per heavy atom. The molecule has 2 aromatic rings. The Morgan fingerprint density at radius 1 is 0.833 bits per heavy atom. The van der Waals surface area contributed by atoms with Gasteiger partial charge in [0.15, 0.2) is 0 Å². The predicted molar refractivity (Wildman–Crippen MR) is 81.3 cm³/mol. The third kappa shape index (κ3) is 5.93. The van der Waals surface area contributed by atoms with Crippen molar-refractivity contribution in [1.29, 1.82) is 0 Å². The van der Waals surface area contributed by atoms with Crippen LogP contribution in [0.1, 0.15) is 13.3 Å². The van der Waals surface area contributed by atoms with E-state index in [1.54, 1.807) is 0 Å². The number of benzene rings is 2. The summed E-state index contributed by atoms with van der Waals surface area (Å²) in [4.78, 5) is 0. The molecule has 0 fully saturated rings. The summed E-state index contributed by atoms with van der Waals surface area (Å²) in [5.74, 6) is 0. The van der Waals surface area contributed by atoms with Crippen LogP contribution in [0, 0.1) is 0 Å². The Hall–Kier alpha value is -1.20. The summed E-state index contributed by atoms with van der Waals surface area (Å²) >= 11 is 0. The van der Waals surface area contributed by atoms with E-state index in [0.717, 1.165) is 12.6 Å². The molecule has 2 heteroatoms. The van der Waals surface area contributed by atoms with Gasteiger partial charge in [-0.3, -0.25) is 0 Å². The summed E-state index contributed by atoms with van der Waals surface area (Å²) in [5, 5.41) is 0. The molecule has 2 aromatic carbocycles. The third-order valence-electron chi connectivity index (χ3n) is 2.40. The SMILES string of the molecule is CCCPCF.c1ccc(-c2ccccc2)cc1. The minimum Gasteiger partial charge on any atom is -0.246 e. The van der Waals surface area contributed by atoms with Gasteiger partial charge in [-0.05, 0) is 17.3 Å². The zero-order valence-corrected chi connectivity index (χ0v) is 11.8. The highest BCUT2D eigenvalue weighted by atomic mass is 31.1. The van der Waals surface area contributed by atoms with Gasteiger partial charge in [-0.25, -0.2) is 4.39 Å². The van der Waals surface area contributed by atoms with Gasteiger partial charge in [0.25, 0.3) is 0 Å². The third-order valence-corrected chi connectivity index (χ3v) is 3.44. The molecule has 0 aliphatic rings. The Morgan fingerprint density at radius 3 is 1.56 bits per heavy atom. The number of rotatable bonds is 4. The summed E-state index contributed by atoms with van der Waals surface area (Å²) in [6.07, 6.45) is 2.08. The maximum Gasteiger partial charge on any atom is 0.106 e. The van der Waals surface area contributed by atoms with E-state index in [1.165, 1.54) is 11.1 Å². The van der Waals surface area contributed by atoms with Crippen LogP contribution in [0.25, 0.3) is 11.1 Å². The largest absolute Gasteiger partial charge is 0.246 e. The van der Waals surface area contributed by atoms with Crippen LogP contribution in [0.4, 0.5) is 4.39 Å². The summed E-state index contributed by atoms with van der Waals surface area (Å²) in [6.45, 7) is 2.07. The lowest BCUT2D eigenvalue weighted by molar-refractivity contribution is 0.601. The fourth-order valence-corrected chi connectivity index (χ4v) is 1.99. The lowest BCUT2D eigenvalue weighted by Crippen LogP contribution is -1.73. The van der Waals surface area contributed by atoms with Gasteiger partial charge in [0.05, 0.1) is 0 Å². The van der Waals surface area contributed by atoms with Crippen LogP contribution in [0.5, 0.6) is 0 Å². The first kappa shape index (κ1) is 14.9. The van der Waals surface area contributed by atoms with Gasteiger partial charge in [0, 0.05) is 0 Å². The first-order valence-electron chi connectivity index (χ1n) is 6.25. The molecule has 18 heavy (non-hydrogen) atoms. The molecule has 0 aliphatic carbocycles. The van der Waals surface area contributed by atoms with Gasteiger partial charge in [-0.15, -0.1) is 0 Å². The van der Waals surface area contributed by atoms with Crippen molar-refractivity contribution < 1.29 is 4.39 Å². The molecule has 0 nitrogen and oxygen atoms in total. The van der Waals surface area contributed by atoms with Crippen LogP contribution in [-0.2, 0) is 0 Å². The van der Waals surface area contributed by atoms with Crippen molar-refractivity contribution in [2.24, 2.45) is 0 Å². The average molecular weight is 262 g/mol. The van der Waals surface area contributed by atoms with E-state index in [2.05, 4.69) is 55.5 Å². The van der Waals surface area contributed by atoms with Gasteiger partial charge in [-0.2, -0.15) is 0 Å². The number of hydrogen-bond donors (Lipinski definition) is 0. The van der Waals surface area contributed by atoms with E-state index >= 15 is 0 Å². The summed E-state index contributed by atoms with van der Waals surface area (Å²) < 4.78 is 11.2. The molecule has 0 N–H and O–H groups in total. The van der Waals surface area contributed by atoms with Gasteiger partial charge in [-0.1, -0.05) is 82.6 Å². The van der Waals surface area contributed by atoms with Crippen molar-refractivity contribution in [1.82, 2.24) is 0 Å². The van der Waals surface area contributed by atoms with Crippen molar-refractivity contribution >= 4 is 8.58 Å². The van der Waals surface area contributed by atoms with E-state index in [-0.39, 0.29) is 6.42 Å². The highest BCUT2D eigenvalue weighted by molar-refractivity contribution is 7.37. The lowest BCUT2D eigenvalue weighted by atomic mass is 10.1. The fraction of sp³-hybridized carbons (Fsp3) is 0.250. The van der Waals surface area contributed by atoms with Crippen LogP contribution in [0.3, 0.4) is 0 Å². The maximum atomic E-state index is 11.2. The summed E-state index contributed by atoms with van der Waals surface area (Å²) in [5.41, 5.74) is 2.55. The molecule has 1 atom stereocenters.